The van der Waals surface area contributed by atoms with E-state index in [9.17, 15) is 4.39 Å². The predicted molar refractivity (Wildman–Crippen MR) is 74.2 cm³/mol. The van der Waals surface area contributed by atoms with E-state index in [0.717, 1.165) is 6.42 Å². The predicted octanol–water partition coefficient (Wildman–Crippen LogP) is 2.46. The lowest BCUT2D eigenvalue weighted by atomic mass is 10.0. The number of nitrogens with one attached hydrogen (secondary N) is 1. The van der Waals surface area contributed by atoms with Crippen LogP contribution in [0.5, 0.6) is 0 Å². The van der Waals surface area contributed by atoms with Gasteiger partial charge in [0, 0.05) is 13.2 Å². The summed E-state index contributed by atoms with van der Waals surface area (Å²) in [6.07, 6.45) is 1.55. The fourth-order valence-corrected chi connectivity index (χ4v) is 1.87. The first-order chi connectivity index (χ1) is 8.51. The third-order valence-corrected chi connectivity index (χ3v) is 3.33. The highest BCUT2D eigenvalue weighted by Gasteiger charge is 2.15. The SMILES string of the molecule is CCC(CCO)CNc1c(N)cc(N)c(Cl)c1F. The number of nitrogen functional groups attached to an aromatic ring is 2. The molecule has 0 heterocycles. The minimum atomic E-state index is -0.631. The summed E-state index contributed by atoms with van der Waals surface area (Å²) in [4.78, 5) is 0. The molecular formula is C12H19ClFN3O. The lowest BCUT2D eigenvalue weighted by Gasteiger charge is -2.17. The second-order valence-electron chi connectivity index (χ2n) is 4.23. The first-order valence-corrected chi connectivity index (χ1v) is 6.26. The molecule has 1 aromatic rings. The van der Waals surface area contributed by atoms with Gasteiger partial charge in [-0.1, -0.05) is 24.9 Å². The van der Waals surface area contributed by atoms with Gasteiger partial charge in [-0.2, -0.15) is 0 Å². The molecule has 0 spiro atoms. The molecule has 1 rings (SSSR count). The molecular weight excluding hydrogens is 257 g/mol. The topological polar surface area (TPSA) is 84.3 Å². The molecule has 0 aliphatic rings. The second kappa shape index (κ2) is 6.66. The zero-order valence-corrected chi connectivity index (χ0v) is 11.1. The van der Waals surface area contributed by atoms with E-state index < -0.39 is 5.82 Å². The Kier molecular flexibility index (Phi) is 5.50. The summed E-state index contributed by atoms with van der Waals surface area (Å²) in [7, 11) is 0. The molecule has 0 amide bonds. The molecule has 0 aliphatic carbocycles. The molecule has 0 radical (unpaired) electrons. The zero-order chi connectivity index (χ0) is 13.7. The highest BCUT2D eigenvalue weighted by atomic mass is 35.5. The standard InChI is InChI=1S/C12H19ClFN3O/c1-2-7(3-4-18)6-17-12-9(16)5-8(15)10(13)11(12)14/h5,7,17-18H,2-4,6,15-16H2,1H3. The average molecular weight is 276 g/mol. The molecule has 4 nitrogen and oxygen atoms in total. The van der Waals surface area contributed by atoms with Crippen LogP contribution >= 0.6 is 11.6 Å². The van der Waals surface area contributed by atoms with Crippen LogP contribution in [-0.2, 0) is 0 Å². The van der Waals surface area contributed by atoms with E-state index in [2.05, 4.69) is 5.32 Å². The molecule has 1 aromatic carbocycles. The van der Waals surface area contributed by atoms with Crippen LogP contribution in [0.25, 0.3) is 0 Å². The summed E-state index contributed by atoms with van der Waals surface area (Å²) in [6, 6.07) is 1.43. The Morgan fingerprint density at radius 1 is 1.44 bits per heavy atom. The maximum absolute atomic E-state index is 13.9. The number of aliphatic hydroxyl groups is 1. The smallest absolute Gasteiger partial charge is 0.169 e. The highest BCUT2D eigenvalue weighted by molar-refractivity contribution is 6.33. The first-order valence-electron chi connectivity index (χ1n) is 5.88. The lowest BCUT2D eigenvalue weighted by molar-refractivity contribution is 0.258. The molecule has 0 bridgehead atoms. The van der Waals surface area contributed by atoms with Gasteiger partial charge < -0.3 is 21.9 Å². The monoisotopic (exact) mass is 275 g/mol. The summed E-state index contributed by atoms with van der Waals surface area (Å²) in [5.74, 6) is -0.377. The van der Waals surface area contributed by atoms with E-state index in [-0.39, 0.29) is 34.6 Å². The van der Waals surface area contributed by atoms with E-state index in [1.165, 1.54) is 6.07 Å². The van der Waals surface area contributed by atoms with Crippen molar-refractivity contribution in [2.75, 3.05) is 29.9 Å². The number of anilines is 3. The minimum Gasteiger partial charge on any atom is -0.397 e. The number of nitrogens with two attached hydrogens (primary N) is 2. The van der Waals surface area contributed by atoms with Gasteiger partial charge in [-0.25, -0.2) is 4.39 Å². The van der Waals surface area contributed by atoms with Gasteiger partial charge in [0.05, 0.1) is 17.1 Å². The van der Waals surface area contributed by atoms with Gasteiger partial charge in [0.2, 0.25) is 0 Å². The fraction of sp³-hybridized carbons (Fsp3) is 0.500. The van der Waals surface area contributed by atoms with Crippen molar-refractivity contribution < 1.29 is 9.50 Å². The van der Waals surface area contributed by atoms with E-state index in [1.807, 2.05) is 6.92 Å². The van der Waals surface area contributed by atoms with Crippen LogP contribution in [0.4, 0.5) is 21.5 Å². The van der Waals surface area contributed by atoms with Crippen molar-refractivity contribution in [3.63, 3.8) is 0 Å². The largest absolute Gasteiger partial charge is 0.397 e. The summed E-state index contributed by atoms with van der Waals surface area (Å²) < 4.78 is 13.9. The molecule has 6 N–H and O–H groups in total. The van der Waals surface area contributed by atoms with Crippen LogP contribution < -0.4 is 16.8 Å². The van der Waals surface area contributed by atoms with Gasteiger partial charge in [-0.3, -0.25) is 0 Å². The number of hydrogen-bond donors (Lipinski definition) is 4. The molecule has 0 aromatic heterocycles. The normalized spacial score (nSPS) is 12.4. The van der Waals surface area contributed by atoms with Crippen molar-refractivity contribution in [2.45, 2.75) is 19.8 Å². The van der Waals surface area contributed by atoms with Gasteiger partial charge in [0.15, 0.2) is 5.82 Å². The van der Waals surface area contributed by atoms with Gasteiger partial charge >= 0.3 is 0 Å². The molecule has 1 unspecified atom stereocenters. The number of rotatable bonds is 6. The summed E-state index contributed by atoms with van der Waals surface area (Å²) >= 11 is 5.73. The Hall–Kier alpha value is -1.20. The molecule has 18 heavy (non-hydrogen) atoms. The Morgan fingerprint density at radius 2 is 2.11 bits per heavy atom. The van der Waals surface area contributed by atoms with E-state index in [0.29, 0.717) is 13.0 Å². The summed E-state index contributed by atoms with van der Waals surface area (Å²) in [6.45, 7) is 2.65. The molecule has 0 saturated heterocycles. The average Bonchev–Trinajstić information content (AvgIpc) is 2.34. The van der Waals surface area contributed by atoms with Crippen molar-refractivity contribution in [3.05, 3.63) is 16.9 Å². The second-order valence-corrected chi connectivity index (χ2v) is 4.60. The Morgan fingerprint density at radius 3 is 2.67 bits per heavy atom. The highest BCUT2D eigenvalue weighted by Crippen LogP contribution is 2.33. The number of aliphatic hydroxyl groups excluding tert-OH is 1. The number of halogens is 2. The number of benzene rings is 1. The molecule has 0 aliphatic heterocycles. The van der Waals surface area contributed by atoms with Crippen LogP contribution in [0, 0.1) is 11.7 Å². The van der Waals surface area contributed by atoms with Crippen LogP contribution in [0.15, 0.2) is 6.07 Å². The number of hydrogen-bond acceptors (Lipinski definition) is 4. The van der Waals surface area contributed by atoms with Crippen LogP contribution in [-0.4, -0.2) is 18.3 Å². The van der Waals surface area contributed by atoms with Crippen LogP contribution in [0.2, 0.25) is 5.02 Å². The van der Waals surface area contributed by atoms with Gasteiger partial charge in [-0.15, -0.1) is 0 Å². The Labute approximate surface area is 111 Å². The molecule has 6 heteroatoms. The molecule has 102 valence electrons. The maximum Gasteiger partial charge on any atom is 0.169 e. The Bertz CT molecular complexity index is 415. The van der Waals surface area contributed by atoms with Crippen LogP contribution in [0.3, 0.4) is 0 Å². The van der Waals surface area contributed by atoms with E-state index >= 15 is 0 Å². The van der Waals surface area contributed by atoms with Gasteiger partial charge in [0.1, 0.15) is 5.02 Å². The quantitative estimate of drug-likeness (QED) is 0.601. The summed E-state index contributed by atoms with van der Waals surface area (Å²) in [5, 5.41) is 11.7. The zero-order valence-electron chi connectivity index (χ0n) is 10.3. The minimum absolute atomic E-state index is 0.112. The van der Waals surface area contributed by atoms with Crippen molar-refractivity contribution in [1.29, 1.82) is 0 Å². The maximum atomic E-state index is 13.9. The van der Waals surface area contributed by atoms with Gasteiger partial charge in [-0.05, 0) is 18.4 Å². The third-order valence-electron chi connectivity index (χ3n) is 2.95. The van der Waals surface area contributed by atoms with Gasteiger partial charge in [0.25, 0.3) is 0 Å². The lowest BCUT2D eigenvalue weighted by Crippen LogP contribution is -2.17. The summed E-state index contributed by atoms with van der Waals surface area (Å²) in [5.41, 5.74) is 11.7. The fourth-order valence-electron chi connectivity index (χ4n) is 1.73. The van der Waals surface area contributed by atoms with Crippen molar-refractivity contribution in [2.24, 2.45) is 5.92 Å². The first kappa shape index (κ1) is 14.9. The van der Waals surface area contributed by atoms with Crippen molar-refractivity contribution in [1.82, 2.24) is 0 Å². The Balaban J connectivity index is 2.82. The van der Waals surface area contributed by atoms with Crippen LogP contribution in [0.1, 0.15) is 19.8 Å². The molecule has 0 saturated carbocycles. The molecule has 0 fully saturated rings. The van der Waals surface area contributed by atoms with E-state index in [4.69, 9.17) is 28.2 Å². The van der Waals surface area contributed by atoms with Crippen molar-refractivity contribution in [3.8, 4) is 0 Å². The molecule has 1 atom stereocenters. The van der Waals surface area contributed by atoms with Crippen molar-refractivity contribution >= 4 is 28.7 Å². The van der Waals surface area contributed by atoms with E-state index in [1.54, 1.807) is 0 Å². The third kappa shape index (κ3) is 3.40.